The predicted molar refractivity (Wildman–Crippen MR) is 287 cm³/mol. The minimum Gasteiger partial charge on any atom is -0.497 e. The molecular formula is C53H71N9O5S2. The van der Waals surface area contributed by atoms with E-state index in [1.54, 1.807) is 6.92 Å². The third-order valence-electron chi connectivity index (χ3n) is 10.6. The van der Waals surface area contributed by atoms with E-state index in [4.69, 9.17) is 33.4 Å². The van der Waals surface area contributed by atoms with Crippen LogP contribution in [0, 0.1) is 0 Å². The van der Waals surface area contributed by atoms with Gasteiger partial charge in [-0.1, -0.05) is 109 Å². The zero-order chi connectivity index (χ0) is 50.9. The highest BCUT2D eigenvalue weighted by molar-refractivity contribution is 7.99. The summed E-state index contributed by atoms with van der Waals surface area (Å²) in [5.41, 5.74) is 35.0. The van der Waals surface area contributed by atoms with Crippen LogP contribution in [-0.2, 0) is 47.6 Å². The van der Waals surface area contributed by atoms with Gasteiger partial charge in [0.15, 0.2) is 0 Å². The fraction of sp³-hybridized carbons (Fsp3) is 0.358. The van der Waals surface area contributed by atoms with E-state index in [0.717, 1.165) is 22.3 Å². The second kappa shape index (κ2) is 26.3. The highest BCUT2D eigenvalue weighted by Gasteiger charge is 2.26. The molecule has 4 amide bonds. The average molecular weight is 978 g/mol. The Balaban J connectivity index is 1.75. The Morgan fingerprint density at radius 1 is 0.609 bits per heavy atom. The molecule has 0 aliphatic rings. The molecule has 2 atom stereocenters. The van der Waals surface area contributed by atoms with Gasteiger partial charge in [-0.2, -0.15) is 0 Å². The van der Waals surface area contributed by atoms with E-state index in [1.807, 2.05) is 126 Å². The van der Waals surface area contributed by atoms with Crippen molar-refractivity contribution in [1.82, 2.24) is 0 Å². The summed E-state index contributed by atoms with van der Waals surface area (Å²) in [6.07, 6.45) is 3.52. The summed E-state index contributed by atoms with van der Waals surface area (Å²) >= 11 is 2.74. The van der Waals surface area contributed by atoms with Gasteiger partial charge in [0, 0.05) is 42.3 Å². The van der Waals surface area contributed by atoms with Crippen molar-refractivity contribution in [3.8, 4) is 0 Å². The summed E-state index contributed by atoms with van der Waals surface area (Å²) < 4.78 is 5.77. The first-order valence-electron chi connectivity index (χ1n) is 22.9. The minimum absolute atomic E-state index is 0.0394. The first kappa shape index (κ1) is 55.9. The molecule has 0 aromatic heterocycles. The lowest BCUT2D eigenvalue weighted by molar-refractivity contribution is -0.118. The number of carbonyl (C=O) groups excluding carboxylic acids is 4. The van der Waals surface area contributed by atoms with Crippen molar-refractivity contribution in [3.05, 3.63) is 143 Å². The Bertz CT molecular complexity index is 2480. The maximum absolute atomic E-state index is 14.6. The molecule has 14 N–H and O–H groups in total. The first-order chi connectivity index (χ1) is 32.6. The molecule has 0 bridgehead atoms. The Morgan fingerprint density at radius 2 is 1.00 bits per heavy atom. The molecule has 0 fully saturated rings. The standard InChI is InChI=1S/C53H71N9O5S2/c1-33(48(63)59-42-29-38(52(3,4)5)31-44(46(42)68-23-20-55)61-50(65)40(57)27-35-15-11-9-12-16-35)25-37(26-34(2)67-22-19-54)49(64)60-43-30-39(53(6,7)8)32-45(47(43)69-24-21-56)62-51(66)41(58)28-36-17-13-10-14-18-36/h9-18,25-26,29-32,40-41H,1,19-24,27-28,54-58H2,2-8H3,(H,59,63)(H,60,64)(H,61,65)(H,62,66)/b34-26+,37-25+/t40?,41-/m1/s1. The Morgan fingerprint density at radius 3 is 1.38 bits per heavy atom. The first-order valence-corrected chi connectivity index (χ1v) is 24.9. The van der Waals surface area contributed by atoms with Crippen molar-refractivity contribution in [3.63, 3.8) is 0 Å². The SMILES string of the molecule is C=C(/C=C(\C=C(/C)OCCN)C(=O)Nc1cc(C(C)(C)C)cc(NC(=O)[C@H](N)Cc2ccccc2)c1SCCN)C(=O)Nc1cc(C(C)(C)C)cc(NC(=O)C(N)Cc2ccccc2)c1SCCN. The Hall–Kier alpha value is -5.72. The van der Waals surface area contributed by atoms with Crippen LogP contribution in [0.15, 0.2) is 130 Å². The summed E-state index contributed by atoms with van der Waals surface area (Å²) in [7, 11) is 0. The van der Waals surface area contributed by atoms with Crippen molar-refractivity contribution in [1.29, 1.82) is 0 Å². The van der Waals surface area contributed by atoms with Crippen LogP contribution in [0.25, 0.3) is 0 Å². The van der Waals surface area contributed by atoms with Gasteiger partial charge in [-0.3, -0.25) is 19.2 Å². The molecular weight excluding hydrogens is 907 g/mol. The van der Waals surface area contributed by atoms with Crippen LogP contribution in [-0.4, -0.2) is 73.5 Å². The molecule has 0 aliphatic carbocycles. The molecule has 0 saturated carbocycles. The zero-order valence-electron chi connectivity index (χ0n) is 41.0. The molecule has 1 unspecified atom stereocenters. The van der Waals surface area contributed by atoms with Crippen molar-refractivity contribution in [2.75, 3.05) is 59.0 Å². The van der Waals surface area contributed by atoms with E-state index in [0.29, 0.717) is 75.7 Å². The molecule has 0 aliphatic heterocycles. The smallest absolute Gasteiger partial charge is 0.255 e. The monoisotopic (exact) mass is 978 g/mol. The summed E-state index contributed by atoms with van der Waals surface area (Å²) in [4.78, 5) is 57.4. The van der Waals surface area contributed by atoms with Gasteiger partial charge in [0.05, 0.1) is 57.0 Å². The largest absolute Gasteiger partial charge is 0.497 e. The number of nitrogens with two attached hydrogens (primary N) is 5. The number of amides is 4. The maximum atomic E-state index is 14.6. The quantitative estimate of drug-likeness (QED) is 0.0153. The number of carbonyl (C=O) groups is 4. The molecule has 0 saturated heterocycles. The number of anilines is 4. The highest BCUT2D eigenvalue weighted by atomic mass is 32.2. The highest BCUT2D eigenvalue weighted by Crippen LogP contribution is 2.41. The zero-order valence-corrected chi connectivity index (χ0v) is 42.6. The summed E-state index contributed by atoms with van der Waals surface area (Å²) in [5.74, 6) is -0.686. The van der Waals surface area contributed by atoms with Gasteiger partial charge in [-0.25, -0.2) is 0 Å². The summed E-state index contributed by atoms with van der Waals surface area (Å²) in [6, 6.07) is 24.8. The van der Waals surface area contributed by atoms with Crippen LogP contribution in [0.1, 0.15) is 70.7 Å². The van der Waals surface area contributed by atoms with E-state index >= 15 is 0 Å². The van der Waals surface area contributed by atoms with Gasteiger partial charge >= 0.3 is 0 Å². The number of ether oxygens (including phenoxy) is 1. The molecule has 0 radical (unpaired) electrons. The van der Waals surface area contributed by atoms with Gasteiger partial charge in [-0.15, -0.1) is 23.5 Å². The third kappa shape index (κ3) is 17.3. The number of rotatable bonds is 23. The second-order valence-electron chi connectivity index (χ2n) is 18.6. The fourth-order valence-electron chi connectivity index (χ4n) is 6.80. The van der Waals surface area contributed by atoms with Gasteiger partial charge in [0.2, 0.25) is 11.8 Å². The Kier molecular flexibility index (Phi) is 21.3. The molecule has 16 heteroatoms. The fourth-order valence-corrected chi connectivity index (χ4v) is 8.51. The lowest BCUT2D eigenvalue weighted by atomic mass is 9.86. The molecule has 14 nitrogen and oxygen atoms in total. The van der Waals surface area contributed by atoms with Gasteiger partial charge in [0.1, 0.15) is 0 Å². The second-order valence-corrected chi connectivity index (χ2v) is 20.8. The van der Waals surface area contributed by atoms with Crippen LogP contribution in [0.5, 0.6) is 0 Å². The lowest BCUT2D eigenvalue weighted by Gasteiger charge is -2.25. The van der Waals surface area contributed by atoms with Gasteiger partial charge in [-0.05, 0) is 89.3 Å². The van der Waals surface area contributed by atoms with Crippen molar-refractivity contribution < 1.29 is 23.9 Å². The van der Waals surface area contributed by atoms with Crippen molar-refractivity contribution >= 4 is 69.9 Å². The molecule has 0 heterocycles. The number of thioether (sulfide) groups is 2. The van der Waals surface area contributed by atoms with Crippen LogP contribution in [0.4, 0.5) is 22.7 Å². The molecule has 370 valence electrons. The normalized spacial score (nSPS) is 13.0. The van der Waals surface area contributed by atoms with E-state index in [-0.39, 0.29) is 24.3 Å². The number of hydrogen-bond acceptors (Lipinski definition) is 12. The molecule has 69 heavy (non-hydrogen) atoms. The topological polar surface area (TPSA) is 256 Å². The van der Waals surface area contributed by atoms with Gasteiger partial charge < -0.3 is 54.7 Å². The Labute approximate surface area is 416 Å². The molecule has 4 aromatic carbocycles. The molecule has 0 spiro atoms. The number of allylic oxidation sites excluding steroid dienone is 1. The van der Waals surface area contributed by atoms with Crippen LogP contribution < -0.4 is 49.9 Å². The third-order valence-corrected chi connectivity index (χ3v) is 12.9. The average Bonchev–Trinajstić information content (AvgIpc) is 3.29. The molecule has 4 rings (SSSR count). The van der Waals surface area contributed by atoms with E-state index < -0.39 is 46.5 Å². The van der Waals surface area contributed by atoms with E-state index in [1.165, 1.54) is 35.7 Å². The predicted octanol–water partition coefficient (Wildman–Crippen LogP) is 7.34. The van der Waals surface area contributed by atoms with E-state index in [2.05, 4.69) is 27.8 Å². The summed E-state index contributed by atoms with van der Waals surface area (Å²) in [5, 5.41) is 12.1. The molecule has 4 aromatic rings. The van der Waals surface area contributed by atoms with Crippen LogP contribution >= 0.6 is 23.5 Å². The van der Waals surface area contributed by atoms with E-state index in [9.17, 15) is 19.2 Å². The van der Waals surface area contributed by atoms with Gasteiger partial charge in [0.25, 0.3) is 11.8 Å². The minimum atomic E-state index is -0.857. The van der Waals surface area contributed by atoms with Crippen LogP contribution in [0.2, 0.25) is 0 Å². The number of hydrogen-bond donors (Lipinski definition) is 9. The van der Waals surface area contributed by atoms with Crippen LogP contribution in [0.3, 0.4) is 0 Å². The van der Waals surface area contributed by atoms with Crippen molar-refractivity contribution in [2.45, 2.75) is 94.0 Å². The van der Waals surface area contributed by atoms with Crippen molar-refractivity contribution in [2.24, 2.45) is 28.7 Å². The lowest BCUT2D eigenvalue weighted by Crippen LogP contribution is -2.37. The maximum Gasteiger partial charge on any atom is 0.255 e. The number of nitrogens with one attached hydrogen (secondary N) is 4. The number of benzene rings is 4. The summed E-state index contributed by atoms with van der Waals surface area (Å²) in [6.45, 7) is 19.0.